The molecule has 1 aromatic heterocycles. The van der Waals surface area contributed by atoms with Gasteiger partial charge in [-0.2, -0.15) is 4.98 Å². The van der Waals surface area contributed by atoms with Crippen molar-refractivity contribution in [2.45, 2.75) is 48.5 Å². The lowest BCUT2D eigenvalue weighted by molar-refractivity contribution is 0.0738. The van der Waals surface area contributed by atoms with Crippen LogP contribution in [0, 0.1) is 5.41 Å². The van der Waals surface area contributed by atoms with Gasteiger partial charge in [-0.25, -0.2) is 13.4 Å². The number of hydrogen-bond acceptors (Lipinski definition) is 8. The maximum absolute atomic E-state index is 13.0. The normalized spacial score (nSPS) is 30.0. The summed E-state index contributed by atoms with van der Waals surface area (Å²) in [5, 5.41) is 0. The van der Waals surface area contributed by atoms with Gasteiger partial charge in [0, 0.05) is 50.7 Å². The first-order valence-corrected chi connectivity index (χ1v) is 14.0. The zero-order valence-corrected chi connectivity index (χ0v) is 20.3. The smallest absolute Gasteiger partial charge is 0.227 e. The molecule has 1 saturated carbocycles. The molecule has 7 rings (SSSR count). The van der Waals surface area contributed by atoms with Gasteiger partial charge in [0.25, 0.3) is 0 Å². The molecule has 2 atom stereocenters. The van der Waals surface area contributed by atoms with Crippen LogP contribution in [0.2, 0.25) is 0 Å². The van der Waals surface area contributed by atoms with Crippen LogP contribution < -0.4 is 14.5 Å². The molecule has 2 saturated heterocycles. The summed E-state index contributed by atoms with van der Waals surface area (Å²) in [6, 6.07) is 8.32. The average Bonchev–Trinajstić information content (AvgIpc) is 3.26. The van der Waals surface area contributed by atoms with Gasteiger partial charge in [0.2, 0.25) is 5.95 Å². The first kappa shape index (κ1) is 20.9. The largest absolute Gasteiger partial charge is 0.492 e. The van der Waals surface area contributed by atoms with E-state index in [1.807, 2.05) is 12.1 Å². The Morgan fingerprint density at radius 2 is 1.97 bits per heavy atom. The molecule has 34 heavy (non-hydrogen) atoms. The van der Waals surface area contributed by atoms with Gasteiger partial charge >= 0.3 is 0 Å². The molecular formula is C25H30N4O4S. The molecule has 2 unspecified atom stereocenters. The number of methoxy groups -OCH3 is 1. The number of anilines is 2. The van der Waals surface area contributed by atoms with Crippen LogP contribution in [-0.4, -0.2) is 70.1 Å². The Bertz CT molecular complexity index is 1270. The molecule has 2 spiro atoms. The van der Waals surface area contributed by atoms with Crippen molar-refractivity contribution in [3.8, 4) is 5.75 Å². The molecule has 3 fully saturated rings. The lowest BCUT2D eigenvalue weighted by Gasteiger charge is -2.40. The molecule has 8 nitrogen and oxygen atoms in total. The van der Waals surface area contributed by atoms with Crippen molar-refractivity contribution in [1.82, 2.24) is 9.97 Å². The Kier molecular flexibility index (Phi) is 4.35. The van der Waals surface area contributed by atoms with Gasteiger partial charge in [0.05, 0.1) is 29.6 Å². The summed E-state index contributed by atoms with van der Waals surface area (Å²) < 4.78 is 37.9. The fraction of sp³-hybridized carbons (Fsp3) is 0.600. The number of aromatic nitrogens is 2. The molecule has 2 aromatic rings. The van der Waals surface area contributed by atoms with Crippen LogP contribution in [-0.2, 0) is 26.4 Å². The van der Waals surface area contributed by atoms with Gasteiger partial charge in [-0.3, -0.25) is 0 Å². The highest BCUT2D eigenvalue weighted by Crippen LogP contribution is 2.55. The number of nitrogens with zero attached hydrogens (tertiary/aromatic N) is 4. The lowest BCUT2D eigenvalue weighted by atomic mass is 9.76. The van der Waals surface area contributed by atoms with E-state index < -0.39 is 9.84 Å². The summed E-state index contributed by atoms with van der Waals surface area (Å²) in [6.45, 7) is 3.79. The molecule has 4 aliphatic heterocycles. The minimum atomic E-state index is -3.37. The molecular weight excluding hydrogens is 452 g/mol. The fourth-order valence-electron chi connectivity index (χ4n) is 6.68. The van der Waals surface area contributed by atoms with Gasteiger partial charge < -0.3 is 19.3 Å². The highest BCUT2D eigenvalue weighted by atomic mass is 32.2. The van der Waals surface area contributed by atoms with Crippen molar-refractivity contribution >= 4 is 21.6 Å². The summed E-state index contributed by atoms with van der Waals surface area (Å²) in [4.78, 5) is 14.6. The minimum absolute atomic E-state index is 0.0731. The van der Waals surface area contributed by atoms with Gasteiger partial charge in [-0.15, -0.1) is 0 Å². The van der Waals surface area contributed by atoms with E-state index in [4.69, 9.17) is 19.4 Å². The van der Waals surface area contributed by atoms with Crippen LogP contribution in [0.25, 0.3) is 0 Å². The van der Waals surface area contributed by atoms with E-state index in [1.165, 1.54) is 5.56 Å². The van der Waals surface area contributed by atoms with Crippen LogP contribution in [0.3, 0.4) is 0 Å². The molecule has 0 N–H and O–H groups in total. The maximum Gasteiger partial charge on any atom is 0.227 e. The number of rotatable bonds is 3. The van der Waals surface area contributed by atoms with Crippen molar-refractivity contribution in [3.63, 3.8) is 0 Å². The Labute approximate surface area is 200 Å². The van der Waals surface area contributed by atoms with Gasteiger partial charge in [0.15, 0.2) is 15.7 Å². The number of fused-ring (bicyclic) bond motifs is 3. The van der Waals surface area contributed by atoms with Crippen molar-refractivity contribution in [1.29, 1.82) is 0 Å². The van der Waals surface area contributed by atoms with E-state index in [1.54, 1.807) is 7.11 Å². The Hall–Kier alpha value is -2.39. The highest BCUT2D eigenvalue weighted by molar-refractivity contribution is 7.91. The first-order valence-electron chi connectivity index (χ1n) is 12.3. The highest BCUT2D eigenvalue weighted by Gasteiger charge is 2.56. The molecule has 0 amide bonds. The average molecular weight is 483 g/mol. The van der Waals surface area contributed by atoms with Crippen LogP contribution in [0.5, 0.6) is 5.75 Å². The van der Waals surface area contributed by atoms with Crippen LogP contribution in [0.15, 0.2) is 29.2 Å². The summed E-state index contributed by atoms with van der Waals surface area (Å²) >= 11 is 0. The topological polar surface area (TPSA) is 84.9 Å². The molecule has 9 heteroatoms. The van der Waals surface area contributed by atoms with Gasteiger partial charge in [-0.05, 0) is 31.7 Å². The second-order valence-electron chi connectivity index (χ2n) is 10.7. The Balaban J connectivity index is 1.28. The molecule has 180 valence electrons. The van der Waals surface area contributed by atoms with Crippen molar-refractivity contribution in [2.24, 2.45) is 5.41 Å². The number of para-hydroxylation sites is 1. The van der Waals surface area contributed by atoms with E-state index in [0.29, 0.717) is 41.9 Å². The van der Waals surface area contributed by atoms with Crippen molar-refractivity contribution < 1.29 is 17.9 Å². The second kappa shape index (κ2) is 7.07. The second-order valence-corrected chi connectivity index (χ2v) is 12.8. The fourth-order valence-corrected chi connectivity index (χ4v) is 8.30. The van der Waals surface area contributed by atoms with Crippen molar-refractivity contribution in [3.05, 3.63) is 35.5 Å². The summed E-state index contributed by atoms with van der Waals surface area (Å²) in [6.07, 6.45) is 4.92. The minimum Gasteiger partial charge on any atom is -0.492 e. The van der Waals surface area contributed by atoms with Gasteiger partial charge in [-0.1, -0.05) is 18.2 Å². The van der Waals surface area contributed by atoms with Crippen LogP contribution in [0.4, 0.5) is 11.8 Å². The number of sulfone groups is 1. The van der Waals surface area contributed by atoms with E-state index in [-0.39, 0.29) is 22.7 Å². The Morgan fingerprint density at radius 1 is 1.12 bits per heavy atom. The van der Waals surface area contributed by atoms with E-state index in [2.05, 4.69) is 21.9 Å². The molecule has 5 heterocycles. The first-order chi connectivity index (χ1) is 16.4. The predicted octanol–water partition coefficient (Wildman–Crippen LogP) is 2.35. The van der Waals surface area contributed by atoms with E-state index in [0.717, 1.165) is 51.1 Å². The molecule has 5 aliphatic rings. The predicted molar refractivity (Wildman–Crippen MR) is 128 cm³/mol. The maximum atomic E-state index is 13.0. The zero-order chi connectivity index (χ0) is 23.1. The SMILES string of the molecule is COC1CN(c2nc(N3CCCC4(COc5ccccc54)C3)nc3c2S(=O)(=O)CC3)CC12CC2. The number of benzene rings is 1. The van der Waals surface area contributed by atoms with E-state index >= 15 is 0 Å². The quantitative estimate of drug-likeness (QED) is 0.659. The molecule has 1 aromatic carbocycles. The third kappa shape index (κ3) is 2.95. The number of ether oxygens (including phenoxy) is 2. The van der Waals surface area contributed by atoms with Crippen LogP contribution in [0.1, 0.15) is 36.9 Å². The summed E-state index contributed by atoms with van der Waals surface area (Å²) in [7, 11) is -1.61. The monoisotopic (exact) mass is 482 g/mol. The summed E-state index contributed by atoms with van der Waals surface area (Å²) in [5.74, 6) is 2.33. The van der Waals surface area contributed by atoms with E-state index in [9.17, 15) is 8.42 Å². The lowest BCUT2D eigenvalue weighted by Crippen LogP contribution is -2.48. The third-order valence-electron chi connectivity index (χ3n) is 8.70. The summed E-state index contributed by atoms with van der Waals surface area (Å²) in [5.41, 5.74) is 2.01. The number of aryl methyl sites for hydroxylation is 1. The molecule has 1 aliphatic carbocycles. The third-order valence-corrected chi connectivity index (χ3v) is 10.5. The van der Waals surface area contributed by atoms with Gasteiger partial charge in [0.1, 0.15) is 10.6 Å². The Morgan fingerprint density at radius 3 is 2.76 bits per heavy atom. The molecule has 0 radical (unpaired) electrons. The number of piperidine rings is 1. The van der Waals surface area contributed by atoms with Crippen molar-refractivity contribution in [2.75, 3.05) is 55.4 Å². The zero-order valence-electron chi connectivity index (χ0n) is 19.5. The molecule has 0 bridgehead atoms. The number of hydrogen-bond donors (Lipinski definition) is 0. The van der Waals surface area contributed by atoms with Crippen LogP contribution >= 0.6 is 0 Å². The standard InChI is InChI=1S/C25H30N4O4S/c1-32-20-13-29(14-24(20)9-10-24)22-21-18(7-12-34(21,30)31)26-23(27-22)28-11-4-8-25(15-28)16-33-19-6-3-2-5-17(19)25/h2-3,5-6,20H,4,7-16H2,1H3.